The summed E-state index contributed by atoms with van der Waals surface area (Å²) < 4.78 is 11.4. The summed E-state index contributed by atoms with van der Waals surface area (Å²) in [5, 5.41) is 8.72. The van der Waals surface area contributed by atoms with E-state index in [1.54, 1.807) is 18.4 Å². The van der Waals surface area contributed by atoms with Crippen molar-refractivity contribution in [2.24, 2.45) is 4.99 Å². The molecule has 3 rings (SSSR count). The van der Waals surface area contributed by atoms with Crippen LogP contribution in [0.2, 0.25) is 0 Å². The van der Waals surface area contributed by atoms with Gasteiger partial charge in [0.05, 0.1) is 19.8 Å². The van der Waals surface area contributed by atoms with Gasteiger partial charge in [-0.1, -0.05) is 0 Å². The normalized spacial score (nSPS) is 13.7. The quantitative estimate of drug-likeness (QED) is 0.414. The third-order valence-electron chi connectivity index (χ3n) is 3.62. The van der Waals surface area contributed by atoms with Crippen molar-refractivity contribution >= 4 is 47.0 Å². The minimum absolute atomic E-state index is 0. The van der Waals surface area contributed by atoms with E-state index in [1.807, 2.05) is 18.2 Å². The first-order valence-corrected chi connectivity index (χ1v) is 8.54. The molecule has 0 amide bonds. The van der Waals surface area contributed by atoms with Crippen molar-refractivity contribution in [1.82, 2.24) is 5.32 Å². The molecule has 0 aliphatic carbocycles. The molecule has 0 fully saturated rings. The van der Waals surface area contributed by atoms with Crippen LogP contribution in [0.1, 0.15) is 16.9 Å². The van der Waals surface area contributed by atoms with Crippen LogP contribution in [-0.2, 0) is 6.54 Å². The second-order valence-corrected chi connectivity index (χ2v) is 6.29. The molecular formula is C17H22IN3O2S. The Morgan fingerprint density at radius 2 is 2.00 bits per heavy atom. The van der Waals surface area contributed by atoms with Crippen molar-refractivity contribution < 1.29 is 9.47 Å². The van der Waals surface area contributed by atoms with Gasteiger partial charge in [-0.05, 0) is 36.1 Å². The average molecular weight is 459 g/mol. The van der Waals surface area contributed by atoms with Crippen LogP contribution in [0.15, 0.2) is 34.6 Å². The molecule has 0 spiro atoms. The number of benzene rings is 1. The zero-order valence-corrected chi connectivity index (χ0v) is 16.9. The van der Waals surface area contributed by atoms with E-state index in [9.17, 15) is 0 Å². The number of nitrogens with zero attached hydrogens (tertiary/aromatic N) is 1. The minimum Gasteiger partial charge on any atom is -0.490 e. The van der Waals surface area contributed by atoms with Crippen LogP contribution < -0.4 is 20.1 Å². The van der Waals surface area contributed by atoms with Gasteiger partial charge in [0, 0.05) is 30.1 Å². The van der Waals surface area contributed by atoms with Crippen LogP contribution in [0.3, 0.4) is 0 Å². The van der Waals surface area contributed by atoms with Crippen LogP contribution in [0.5, 0.6) is 11.5 Å². The highest BCUT2D eigenvalue weighted by molar-refractivity contribution is 14.0. The Kier molecular flexibility index (Phi) is 7.16. The molecule has 5 nitrogen and oxygen atoms in total. The SMILES string of the molecule is CN=C(NCc1sccc1C)Nc1ccc2c(c1)OCCCO2.I. The number of hydrogen-bond donors (Lipinski definition) is 2. The molecule has 2 N–H and O–H groups in total. The summed E-state index contributed by atoms with van der Waals surface area (Å²) in [5.74, 6) is 2.30. The number of anilines is 1. The highest BCUT2D eigenvalue weighted by Gasteiger charge is 2.11. The predicted molar refractivity (Wildman–Crippen MR) is 110 cm³/mol. The fourth-order valence-corrected chi connectivity index (χ4v) is 3.15. The monoisotopic (exact) mass is 459 g/mol. The Morgan fingerprint density at radius 1 is 1.21 bits per heavy atom. The van der Waals surface area contributed by atoms with E-state index in [-0.39, 0.29) is 24.0 Å². The number of aryl methyl sites for hydroxylation is 1. The summed E-state index contributed by atoms with van der Waals surface area (Å²) in [5.41, 5.74) is 2.22. The van der Waals surface area contributed by atoms with Crippen LogP contribution in [0.4, 0.5) is 5.69 Å². The lowest BCUT2D eigenvalue weighted by molar-refractivity contribution is 0.297. The molecule has 7 heteroatoms. The Bertz CT molecular complexity index is 703. The van der Waals surface area contributed by atoms with Crippen LogP contribution in [-0.4, -0.2) is 26.2 Å². The number of aliphatic imine (C=N–C) groups is 1. The molecule has 1 aromatic carbocycles. The first-order valence-electron chi connectivity index (χ1n) is 7.66. The predicted octanol–water partition coefficient (Wildman–Crippen LogP) is 4.02. The number of halogens is 1. The average Bonchev–Trinajstić information content (AvgIpc) is 2.83. The first kappa shape index (κ1) is 18.9. The molecule has 1 aromatic heterocycles. The highest BCUT2D eigenvalue weighted by Crippen LogP contribution is 2.32. The van der Waals surface area contributed by atoms with Crippen molar-refractivity contribution in [2.45, 2.75) is 19.9 Å². The molecule has 1 aliphatic heterocycles. The first-order chi connectivity index (χ1) is 11.3. The lowest BCUT2D eigenvalue weighted by Crippen LogP contribution is -2.30. The Hall–Kier alpha value is -1.48. The van der Waals surface area contributed by atoms with Crippen molar-refractivity contribution in [3.63, 3.8) is 0 Å². The van der Waals surface area contributed by atoms with Gasteiger partial charge in [-0.25, -0.2) is 0 Å². The van der Waals surface area contributed by atoms with Gasteiger partial charge >= 0.3 is 0 Å². The number of ether oxygens (including phenoxy) is 2. The summed E-state index contributed by atoms with van der Waals surface area (Å²) in [7, 11) is 1.76. The molecule has 24 heavy (non-hydrogen) atoms. The molecule has 0 unspecified atom stereocenters. The van der Waals surface area contributed by atoms with Gasteiger partial charge in [-0.2, -0.15) is 0 Å². The number of rotatable bonds is 3. The standard InChI is InChI=1S/C17H21N3O2S.HI/c1-12-6-9-23-16(12)11-19-17(18-2)20-13-4-5-14-15(10-13)22-8-3-7-21-14;/h4-6,9-10H,3,7-8,11H2,1-2H3,(H2,18,19,20);1H. The van der Waals surface area contributed by atoms with Gasteiger partial charge < -0.3 is 20.1 Å². The van der Waals surface area contributed by atoms with Gasteiger partial charge in [-0.15, -0.1) is 35.3 Å². The summed E-state index contributed by atoms with van der Waals surface area (Å²) >= 11 is 1.75. The Morgan fingerprint density at radius 3 is 2.71 bits per heavy atom. The zero-order valence-electron chi connectivity index (χ0n) is 13.8. The smallest absolute Gasteiger partial charge is 0.195 e. The molecule has 0 saturated carbocycles. The van der Waals surface area contributed by atoms with Crippen molar-refractivity contribution in [3.05, 3.63) is 40.1 Å². The van der Waals surface area contributed by atoms with E-state index in [0.29, 0.717) is 13.2 Å². The topological polar surface area (TPSA) is 54.9 Å². The molecule has 2 heterocycles. The van der Waals surface area contributed by atoms with Crippen LogP contribution >= 0.6 is 35.3 Å². The summed E-state index contributed by atoms with van der Waals surface area (Å²) in [6.07, 6.45) is 0.904. The van der Waals surface area contributed by atoms with Crippen molar-refractivity contribution in [1.29, 1.82) is 0 Å². The van der Waals surface area contributed by atoms with E-state index in [0.717, 1.165) is 36.1 Å². The zero-order chi connectivity index (χ0) is 16.1. The molecule has 0 saturated heterocycles. The van der Waals surface area contributed by atoms with Gasteiger partial charge in [0.15, 0.2) is 17.5 Å². The van der Waals surface area contributed by atoms with E-state index in [1.165, 1.54) is 10.4 Å². The van der Waals surface area contributed by atoms with E-state index >= 15 is 0 Å². The maximum atomic E-state index is 5.72. The number of guanidine groups is 1. The second-order valence-electron chi connectivity index (χ2n) is 5.29. The maximum Gasteiger partial charge on any atom is 0.195 e. The van der Waals surface area contributed by atoms with Gasteiger partial charge in [0.2, 0.25) is 0 Å². The number of thiophene rings is 1. The fraction of sp³-hybridized carbons (Fsp3) is 0.353. The molecule has 0 atom stereocenters. The summed E-state index contributed by atoms with van der Waals surface area (Å²) in [6.45, 7) is 4.26. The van der Waals surface area contributed by atoms with E-state index < -0.39 is 0 Å². The lowest BCUT2D eigenvalue weighted by atomic mass is 10.2. The van der Waals surface area contributed by atoms with Gasteiger partial charge in [0.1, 0.15) is 0 Å². The fourth-order valence-electron chi connectivity index (χ4n) is 2.31. The molecule has 130 valence electrons. The highest BCUT2D eigenvalue weighted by atomic mass is 127. The molecule has 0 radical (unpaired) electrons. The lowest BCUT2D eigenvalue weighted by Gasteiger charge is -2.14. The van der Waals surface area contributed by atoms with Gasteiger partial charge in [0.25, 0.3) is 0 Å². The van der Waals surface area contributed by atoms with Crippen LogP contribution in [0.25, 0.3) is 0 Å². The molecule has 2 aromatic rings. The summed E-state index contributed by atoms with van der Waals surface area (Å²) in [6, 6.07) is 7.97. The number of nitrogens with one attached hydrogen (secondary N) is 2. The van der Waals surface area contributed by atoms with E-state index in [2.05, 4.69) is 34.0 Å². The third-order valence-corrected chi connectivity index (χ3v) is 4.64. The van der Waals surface area contributed by atoms with Crippen molar-refractivity contribution in [2.75, 3.05) is 25.6 Å². The third kappa shape index (κ3) is 4.76. The Balaban J connectivity index is 0.00000208. The number of fused-ring (bicyclic) bond motifs is 1. The molecule has 1 aliphatic rings. The molecule has 0 bridgehead atoms. The minimum atomic E-state index is 0. The number of hydrogen-bond acceptors (Lipinski definition) is 4. The Labute approximate surface area is 163 Å². The second kappa shape index (κ2) is 9.12. The maximum absolute atomic E-state index is 5.72. The van der Waals surface area contributed by atoms with Crippen molar-refractivity contribution in [3.8, 4) is 11.5 Å². The van der Waals surface area contributed by atoms with Crippen LogP contribution in [0, 0.1) is 6.92 Å². The molecular weight excluding hydrogens is 437 g/mol. The largest absolute Gasteiger partial charge is 0.490 e. The van der Waals surface area contributed by atoms with Gasteiger partial charge in [-0.3, -0.25) is 4.99 Å². The summed E-state index contributed by atoms with van der Waals surface area (Å²) in [4.78, 5) is 5.58. The van der Waals surface area contributed by atoms with E-state index in [4.69, 9.17) is 9.47 Å².